The van der Waals surface area contributed by atoms with Crippen molar-refractivity contribution in [2.75, 3.05) is 14.1 Å². The molecular formula is C16H27N3O. The Morgan fingerprint density at radius 3 is 2.85 bits per heavy atom. The maximum Gasteiger partial charge on any atom is 0.153 e. The molecule has 4 heteroatoms. The van der Waals surface area contributed by atoms with Crippen molar-refractivity contribution in [1.29, 1.82) is 0 Å². The molecule has 1 aromatic heterocycles. The zero-order valence-corrected chi connectivity index (χ0v) is 13.2. The second kappa shape index (κ2) is 6.08. The zero-order valence-electron chi connectivity index (χ0n) is 13.2. The molecule has 0 N–H and O–H groups in total. The Kier molecular flexibility index (Phi) is 4.63. The van der Waals surface area contributed by atoms with E-state index in [9.17, 15) is 4.79 Å². The van der Waals surface area contributed by atoms with Crippen molar-refractivity contribution in [3.8, 4) is 0 Å². The topological polar surface area (TPSA) is 38.1 Å². The first-order valence-corrected chi connectivity index (χ1v) is 7.62. The maximum absolute atomic E-state index is 12.8. The summed E-state index contributed by atoms with van der Waals surface area (Å²) in [4.78, 5) is 15.0. The second-order valence-corrected chi connectivity index (χ2v) is 6.57. The van der Waals surface area contributed by atoms with Crippen LogP contribution in [-0.4, -0.2) is 40.1 Å². The first-order chi connectivity index (χ1) is 9.44. The molecule has 4 nitrogen and oxygen atoms in total. The summed E-state index contributed by atoms with van der Waals surface area (Å²) in [6, 6.07) is 0. The summed E-state index contributed by atoms with van der Waals surface area (Å²) in [7, 11) is 6.02. The molecule has 0 aromatic carbocycles. The van der Waals surface area contributed by atoms with Gasteiger partial charge in [-0.05, 0) is 44.8 Å². The molecule has 0 radical (unpaired) electrons. The molecule has 112 valence electrons. The van der Waals surface area contributed by atoms with Gasteiger partial charge in [-0.2, -0.15) is 5.10 Å². The lowest BCUT2D eigenvalue weighted by molar-refractivity contribution is -0.132. The first kappa shape index (κ1) is 15.2. The highest BCUT2D eigenvalue weighted by atomic mass is 16.1. The van der Waals surface area contributed by atoms with Gasteiger partial charge in [-0.25, -0.2) is 0 Å². The molecule has 2 rings (SSSR count). The van der Waals surface area contributed by atoms with Crippen LogP contribution in [0.1, 0.15) is 44.6 Å². The van der Waals surface area contributed by atoms with Gasteiger partial charge in [-0.15, -0.1) is 0 Å². The molecule has 1 fully saturated rings. The number of likely N-dealkylation sites (N-methyl/N-ethyl adjacent to an activating group) is 1. The fourth-order valence-electron chi connectivity index (χ4n) is 3.52. The van der Waals surface area contributed by atoms with Gasteiger partial charge < -0.3 is 0 Å². The van der Waals surface area contributed by atoms with Crippen molar-refractivity contribution >= 4 is 5.78 Å². The lowest BCUT2D eigenvalue weighted by atomic mass is 9.72. The van der Waals surface area contributed by atoms with Gasteiger partial charge in [-0.1, -0.05) is 19.8 Å². The van der Waals surface area contributed by atoms with Crippen molar-refractivity contribution < 1.29 is 4.79 Å². The highest BCUT2D eigenvalue weighted by Gasteiger charge is 2.42. The molecule has 2 atom stereocenters. The Bertz CT molecular complexity index is 466. The Balaban J connectivity index is 2.03. The fourth-order valence-corrected chi connectivity index (χ4v) is 3.52. The van der Waals surface area contributed by atoms with E-state index in [4.69, 9.17) is 0 Å². The number of Topliss-reactive ketones (excluding diaryl/α,β-unsaturated/α-hetero) is 1. The minimum atomic E-state index is -0.236. The predicted octanol–water partition coefficient (Wildman–Crippen LogP) is 2.43. The number of hydrogen-bond donors (Lipinski definition) is 0. The van der Waals surface area contributed by atoms with E-state index in [0.29, 0.717) is 18.1 Å². The van der Waals surface area contributed by atoms with E-state index in [1.54, 1.807) is 4.68 Å². The predicted molar refractivity (Wildman–Crippen MR) is 80.6 cm³/mol. The Hall–Kier alpha value is -1.16. The molecular weight excluding hydrogens is 250 g/mol. The van der Waals surface area contributed by atoms with Gasteiger partial charge in [0.15, 0.2) is 5.78 Å². The summed E-state index contributed by atoms with van der Waals surface area (Å²) in [5.74, 6) is 1.05. The van der Waals surface area contributed by atoms with Crippen LogP contribution in [-0.2, 0) is 18.3 Å². The summed E-state index contributed by atoms with van der Waals surface area (Å²) >= 11 is 0. The highest BCUT2D eigenvalue weighted by Crippen LogP contribution is 2.37. The first-order valence-electron chi connectivity index (χ1n) is 7.62. The van der Waals surface area contributed by atoms with Crippen LogP contribution in [0.3, 0.4) is 0 Å². The summed E-state index contributed by atoms with van der Waals surface area (Å²) in [6.07, 6.45) is 9.72. The second-order valence-electron chi connectivity index (χ2n) is 6.57. The Morgan fingerprint density at radius 2 is 2.30 bits per heavy atom. The molecule has 0 amide bonds. The lowest BCUT2D eigenvalue weighted by Crippen LogP contribution is -2.53. The standard InChI is InChI=1S/C16H27N3O/c1-13-6-5-9-16(10-13,18(2)3)15(20)8-7-14-11-17-19(4)12-14/h11-13H,5-10H2,1-4H3. The molecule has 0 spiro atoms. The number of aryl methyl sites for hydroxylation is 2. The largest absolute Gasteiger partial charge is 0.298 e. The van der Waals surface area contributed by atoms with Gasteiger partial charge in [0.05, 0.1) is 11.7 Å². The number of ketones is 1. The third-order valence-electron chi connectivity index (χ3n) is 4.75. The van der Waals surface area contributed by atoms with Crippen LogP contribution in [0.5, 0.6) is 0 Å². The number of carbonyl (C=O) groups excluding carboxylic acids is 1. The molecule has 1 aromatic rings. The average molecular weight is 277 g/mol. The number of nitrogens with zero attached hydrogens (tertiary/aromatic N) is 3. The number of aromatic nitrogens is 2. The number of carbonyl (C=O) groups is 1. The summed E-state index contributed by atoms with van der Waals surface area (Å²) in [5, 5.41) is 4.17. The number of hydrogen-bond acceptors (Lipinski definition) is 3. The molecule has 1 aliphatic rings. The summed E-state index contributed by atoms with van der Waals surface area (Å²) in [6.45, 7) is 2.27. The van der Waals surface area contributed by atoms with E-state index in [1.807, 2.05) is 19.4 Å². The molecule has 0 saturated heterocycles. The number of rotatable bonds is 5. The summed E-state index contributed by atoms with van der Waals surface area (Å²) < 4.78 is 1.80. The van der Waals surface area contributed by atoms with Gasteiger partial charge in [0.2, 0.25) is 0 Å². The smallest absolute Gasteiger partial charge is 0.153 e. The zero-order chi connectivity index (χ0) is 14.8. The average Bonchev–Trinajstić information content (AvgIpc) is 2.81. The molecule has 1 heterocycles. The highest BCUT2D eigenvalue weighted by molar-refractivity contribution is 5.88. The van der Waals surface area contributed by atoms with Gasteiger partial charge in [0.25, 0.3) is 0 Å². The summed E-state index contributed by atoms with van der Waals surface area (Å²) in [5.41, 5.74) is 0.915. The minimum absolute atomic E-state index is 0.236. The van der Waals surface area contributed by atoms with Crippen LogP contribution in [0, 0.1) is 5.92 Å². The SMILES string of the molecule is CC1CCCC(C(=O)CCc2cnn(C)c2)(N(C)C)C1. The lowest BCUT2D eigenvalue weighted by Gasteiger charge is -2.44. The van der Waals surface area contributed by atoms with Crippen LogP contribution in [0.2, 0.25) is 0 Å². The van der Waals surface area contributed by atoms with Gasteiger partial charge in [-0.3, -0.25) is 14.4 Å². The van der Waals surface area contributed by atoms with Crippen molar-refractivity contribution in [1.82, 2.24) is 14.7 Å². The van der Waals surface area contributed by atoms with E-state index < -0.39 is 0 Å². The van der Waals surface area contributed by atoms with Crippen molar-refractivity contribution in [3.63, 3.8) is 0 Å². The fraction of sp³-hybridized carbons (Fsp3) is 0.750. The molecule has 0 bridgehead atoms. The maximum atomic E-state index is 12.8. The third kappa shape index (κ3) is 3.11. The molecule has 1 saturated carbocycles. The normalized spacial score (nSPS) is 26.9. The Morgan fingerprint density at radius 1 is 1.55 bits per heavy atom. The van der Waals surface area contributed by atoms with Crippen molar-refractivity contribution in [3.05, 3.63) is 18.0 Å². The van der Waals surface area contributed by atoms with E-state index in [1.165, 1.54) is 6.42 Å². The van der Waals surface area contributed by atoms with Crippen LogP contribution in [0.4, 0.5) is 0 Å². The minimum Gasteiger partial charge on any atom is -0.298 e. The van der Waals surface area contributed by atoms with Gasteiger partial charge in [0.1, 0.15) is 0 Å². The van der Waals surface area contributed by atoms with Crippen molar-refractivity contribution in [2.45, 2.75) is 51.0 Å². The van der Waals surface area contributed by atoms with E-state index in [2.05, 4.69) is 31.0 Å². The monoisotopic (exact) mass is 277 g/mol. The van der Waals surface area contributed by atoms with Crippen LogP contribution in [0.25, 0.3) is 0 Å². The van der Waals surface area contributed by atoms with Gasteiger partial charge in [0, 0.05) is 19.7 Å². The van der Waals surface area contributed by atoms with Crippen LogP contribution in [0.15, 0.2) is 12.4 Å². The van der Waals surface area contributed by atoms with Crippen LogP contribution < -0.4 is 0 Å². The van der Waals surface area contributed by atoms with Crippen LogP contribution >= 0.6 is 0 Å². The quantitative estimate of drug-likeness (QED) is 0.829. The van der Waals surface area contributed by atoms with E-state index >= 15 is 0 Å². The molecule has 2 unspecified atom stereocenters. The van der Waals surface area contributed by atoms with Gasteiger partial charge >= 0.3 is 0 Å². The Labute approximate surface area is 122 Å². The van der Waals surface area contributed by atoms with E-state index in [-0.39, 0.29) is 5.54 Å². The molecule has 20 heavy (non-hydrogen) atoms. The van der Waals surface area contributed by atoms with E-state index in [0.717, 1.165) is 31.2 Å². The van der Waals surface area contributed by atoms with Crippen molar-refractivity contribution in [2.24, 2.45) is 13.0 Å². The molecule has 0 aliphatic heterocycles. The molecule has 1 aliphatic carbocycles. The third-order valence-corrected chi connectivity index (χ3v) is 4.75.